The van der Waals surface area contributed by atoms with Crippen LogP contribution in [0, 0.1) is 0 Å². The molecule has 0 aliphatic heterocycles. The SMILES string of the molecule is Oc1c(Cl)cc(Cl)c(Cl)c1-c1nc2c(Cl)cccc2[nH]1. The Morgan fingerprint density at radius 1 is 1.00 bits per heavy atom. The highest BCUT2D eigenvalue weighted by Gasteiger charge is 2.19. The first kappa shape index (κ1) is 13.8. The van der Waals surface area contributed by atoms with Crippen molar-refractivity contribution in [1.29, 1.82) is 0 Å². The smallest absolute Gasteiger partial charge is 0.146 e. The van der Waals surface area contributed by atoms with Crippen molar-refractivity contribution in [1.82, 2.24) is 9.97 Å². The minimum absolute atomic E-state index is 0.0981. The molecule has 0 unspecified atom stereocenters. The first-order valence-corrected chi connectivity index (χ1v) is 7.01. The number of imidazole rings is 1. The van der Waals surface area contributed by atoms with Crippen LogP contribution >= 0.6 is 46.4 Å². The number of H-pyrrole nitrogens is 1. The van der Waals surface area contributed by atoms with E-state index >= 15 is 0 Å². The summed E-state index contributed by atoms with van der Waals surface area (Å²) in [6.07, 6.45) is 0. The summed E-state index contributed by atoms with van der Waals surface area (Å²) in [6, 6.07) is 6.70. The highest BCUT2D eigenvalue weighted by Crippen LogP contribution is 2.44. The van der Waals surface area contributed by atoms with Gasteiger partial charge in [0, 0.05) is 0 Å². The van der Waals surface area contributed by atoms with Crippen LogP contribution in [0.5, 0.6) is 5.75 Å². The second-order valence-corrected chi connectivity index (χ2v) is 5.70. The first-order valence-electron chi connectivity index (χ1n) is 5.50. The third kappa shape index (κ3) is 2.11. The Labute approximate surface area is 134 Å². The van der Waals surface area contributed by atoms with Crippen LogP contribution < -0.4 is 0 Å². The predicted molar refractivity (Wildman–Crippen MR) is 83.2 cm³/mol. The number of aromatic nitrogens is 2. The van der Waals surface area contributed by atoms with Crippen LogP contribution in [0.2, 0.25) is 20.1 Å². The minimum atomic E-state index is -0.184. The van der Waals surface area contributed by atoms with E-state index in [0.29, 0.717) is 16.4 Å². The quantitative estimate of drug-likeness (QED) is 0.567. The van der Waals surface area contributed by atoms with Gasteiger partial charge in [-0.1, -0.05) is 52.5 Å². The molecule has 2 aromatic carbocycles. The zero-order valence-electron chi connectivity index (χ0n) is 9.72. The predicted octanol–water partition coefficient (Wildman–Crippen LogP) is 5.55. The Bertz CT molecular complexity index is 803. The lowest BCUT2D eigenvalue weighted by atomic mass is 10.2. The van der Waals surface area contributed by atoms with Crippen molar-refractivity contribution < 1.29 is 5.11 Å². The van der Waals surface area contributed by atoms with Crippen molar-refractivity contribution >= 4 is 57.4 Å². The van der Waals surface area contributed by atoms with Crippen molar-refractivity contribution in [3.05, 3.63) is 44.4 Å². The fourth-order valence-corrected chi connectivity index (χ4v) is 2.83. The van der Waals surface area contributed by atoms with Gasteiger partial charge in [-0.15, -0.1) is 0 Å². The van der Waals surface area contributed by atoms with Crippen LogP contribution in [0.25, 0.3) is 22.4 Å². The Kier molecular flexibility index (Phi) is 3.46. The van der Waals surface area contributed by atoms with Crippen molar-refractivity contribution in [2.24, 2.45) is 0 Å². The molecule has 3 aromatic rings. The van der Waals surface area contributed by atoms with E-state index in [9.17, 15) is 5.11 Å². The molecule has 1 aromatic heterocycles. The molecule has 20 heavy (non-hydrogen) atoms. The zero-order valence-corrected chi connectivity index (χ0v) is 12.7. The molecule has 0 aliphatic carbocycles. The number of hydrogen-bond donors (Lipinski definition) is 2. The van der Waals surface area contributed by atoms with Gasteiger partial charge >= 0.3 is 0 Å². The summed E-state index contributed by atoms with van der Waals surface area (Å²) in [5, 5.41) is 11.1. The molecule has 0 bridgehead atoms. The summed E-state index contributed by atoms with van der Waals surface area (Å²) in [5.74, 6) is 0.163. The van der Waals surface area contributed by atoms with E-state index in [-0.39, 0.29) is 26.4 Å². The highest BCUT2D eigenvalue weighted by molar-refractivity contribution is 6.45. The van der Waals surface area contributed by atoms with Gasteiger partial charge in [-0.25, -0.2) is 4.98 Å². The fraction of sp³-hybridized carbons (Fsp3) is 0. The standard InChI is InChI=1S/C13H6Cl4N2O/c14-5-2-1-3-8-11(5)19-13(18-8)9-10(17)6(15)4-7(16)12(9)20/h1-4,20H,(H,18,19). The van der Waals surface area contributed by atoms with Gasteiger partial charge in [-0.05, 0) is 18.2 Å². The van der Waals surface area contributed by atoms with Crippen molar-refractivity contribution in [2.45, 2.75) is 0 Å². The minimum Gasteiger partial charge on any atom is -0.506 e. The number of fused-ring (bicyclic) bond motifs is 1. The summed E-state index contributed by atoms with van der Waals surface area (Å²) in [4.78, 5) is 7.37. The maximum Gasteiger partial charge on any atom is 0.146 e. The number of aromatic hydroxyl groups is 1. The van der Waals surface area contributed by atoms with E-state index in [1.54, 1.807) is 12.1 Å². The fourth-order valence-electron chi connectivity index (χ4n) is 1.92. The van der Waals surface area contributed by atoms with Crippen LogP contribution in [0.1, 0.15) is 0 Å². The van der Waals surface area contributed by atoms with Gasteiger partial charge in [0.05, 0.1) is 31.2 Å². The summed E-state index contributed by atoms with van der Waals surface area (Å²) in [5.41, 5.74) is 1.55. The first-order chi connectivity index (χ1) is 9.49. The maximum atomic E-state index is 10.1. The molecule has 3 nitrogen and oxygen atoms in total. The van der Waals surface area contributed by atoms with E-state index < -0.39 is 0 Å². The Morgan fingerprint density at radius 3 is 2.45 bits per heavy atom. The Morgan fingerprint density at radius 2 is 1.75 bits per heavy atom. The van der Waals surface area contributed by atoms with E-state index in [0.717, 1.165) is 5.52 Å². The average Bonchev–Trinajstić information content (AvgIpc) is 2.82. The lowest BCUT2D eigenvalue weighted by Gasteiger charge is -2.07. The summed E-state index contributed by atoms with van der Waals surface area (Å²) in [7, 11) is 0. The molecule has 0 saturated heterocycles. The molecular weight excluding hydrogens is 342 g/mol. The van der Waals surface area contributed by atoms with Crippen LogP contribution in [0.3, 0.4) is 0 Å². The van der Waals surface area contributed by atoms with E-state index in [2.05, 4.69) is 9.97 Å². The molecule has 1 heterocycles. The number of benzene rings is 2. The molecular formula is C13H6Cl4N2O. The molecule has 0 fully saturated rings. The number of halogens is 4. The Balaban J connectivity index is 2.34. The second-order valence-electron chi connectivity index (χ2n) is 4.10. The van der Waals surface area contributed by atoms with Crippen LogP contribution in [0.15, 0.2) is 24.3 Å². The van der Waals surface area contributed by atoms with Gasteiger partial charge < -0.3 is 10.1 Å². The zero-order chi connectivity index (χ0) is 14.4. The topological polar surface area (TPSA) is 48.9 Å². The molecule has 0 amide bonds. The van der Waals surface area contributed by atoms with Crippen LogP contribution in [-0.4, -0.2) is 15.1 Å². The third-order valence-corrected chi connectivity index (χ3v) is 4.23. The van der Waals surface area contributed by atoms with Gasteiger partial charge in [0.25, 0.3) is 0 Å². The number of aromatic amines is 1. The van der Waals surface area contributed by atoms with Crippen molar-refractivity contribution in [2.75, 3.05) is 0 Å². The number of phenolic OH excluding ortho intramolecular Hbond substituents is 1. The van der Waals surface area contributed by atoms with Gasteiger partial charge in [0.2, 0.25) is 0 Å². The summed E-state index contributed by atoms with van der Waals surface area (Å²) >= 11 is 24.1. The summed E-state index contributed by atoms with van der Waals surface area (Å²) in [6.45, 7) is 0. The molecule has 0 saturated carbocycles. The van der Waals surface area contributed by atoms with E-state index in [1.165, 1.54) is 6.07 Å². The molecule has 7 heteroatoms. The number of hydrogen-bond acceptors (Lipinski definition) is 2. The van der Waals surface area contributed by atoms with Crippen LogP contribution in [-0.2, 0) is 0 Å². The second kappa shape index (κ2) is 5.01. The molecule has 0 radical (unpaired) electrons. The van der Waals surface area contributed by atoms with E-state index in [4.69, 9.17) is 46.4 Å². The third-order valence-electron chi connectivity index (χ3n) is 2.85. The molecule has 2 N–H and O–H groups in total. The van der Waals surface area contributed by atoms with Crippen molar-refractivity contribution in [3.8, 4) is 17.1 Å². The number of rotatable bonds is 1. The average molecular weight is 348 g/mol. The molecule has 0 atom stereocenters. The number of nitrogens with one attached hydrogen (secondary N) is 1. The molecule has 0 spiro atoms. The highest BCUT2D eigenvalue weighted by atomic mass is 35.5. The van der Waals surface area contributed by atoms with Gasteiger partial charge in [-0.3, -0.25) is 0 Å². The molecule has 102 valence electrons. The van der Waals surface area contributed by atoms with Gasteiger partial charge in [0.15, 0.2) is 0 Å². The normalized spacial score (nSPS) is 11.2. The van der Waals surface area contributed by atoms with Gasteiger partial charge in [-0.2, -0.15) is 0 Å². The Hall–Kier alpha value is -1.13. The lowest BCUT2D eigenvalue weighted by Crippen LogP contribution is -1.86. The molecule has 3 rings (SSSR count). The van der Waals surface area contributed by atoms with Crippen molar-refractivity contribution in [3.63, 3.8) is 0 Å². The number of nitrogens with zero attached hydrogens (tertiary/aromatic N) is 1. The van der Waals surface area contributed by atoms with Gasteiger partial charge in [0.1, 0.15) is 17.1 Å². The lowest BCUT2D eigenvalue weighted by molar-refractivity contribution is 0.477. The van der Waals surface area contributed by atoms with E-state index in [1.807, 2.05) is 6.07 Å². The molecule has 0 aliphatic rings. The van der Waals surface area contributed by atoms with Crippen LogP contribution in [0.4, 0.5) is 0 Å². The monoisotopic (exact) mass is 346 g/mol. The number of phenols is 1. The largest absolute Gasteiger partial charge is 0.506 e. The summed E-state index contributed by atoms with van der Waals surface area (Å²) < 4.78 is 0. The maximum absolute atomic E-state index is 10.1. The number of para-hydroxylation sites is 1.